The van der Waals surface area contributed by atoms with E-state index in [9.17, 15) is 14.4 Å². The van der Waals surface area contributed by atoms with Crippen molar-refractivity contribution in [2.75, 3.05) is 20.5 Å². The van der Waals surface area contributed by atoms with E-state index >= 15 is 0 Å². The first-order valence-corrected chi connectivity index (χ1v) is 16.6. The fourth-order valence-electron chi connectivity index (χ4n) is 6.48. The van der Waals surface area contributed by atoms with Gasteiger partial charge in [-0.05, 0) is 80.8 Å². The molecule has 248 valence electrons. The number of esters is 2. The van der Waals surface area contributed by atoms with E-state index in [1.807, 2.05) is 81.4 Å². The van der Waals surface area contributed by atoms with Crippen molar-refractivity contribution in [3.05, 3.63) is 137 Å². The molecule has 11 heteroatoms. The number of thiazole rings is 1. The second-order valence-corrected chi connectivity index (χ2v) is 12.7. The van der Waals surface area contributed by atoms with Gasteiger partial charge in [0.2, 0.25) is 6.79 Å². The number of hydrogen-bond donors (Lipinski definition) is 0. The van der Waals surface area contributed by atoms with E-state index in [1.165, 1.54) is 18.4 Å². The number of ether oxygens (including phenoxy) is 4. The van der Waals surface area contributed by atoms with Crippen LogP contribution < -0.4 is 24.4 Å². The quantitative estimate of drug-likeness (QED) is 0.219. The Morgan fingerprint density at radius 2 is 1.76 bits per heavy atom. The molecule has 0 fully saturated rings. The number of carbonyl (C=O) groups excluding carboxylic acids is 2. The summed E-state index contributed by atoms with van der Waals surface area (Å²) in [5.74, 6) is 0.149. The van der Waals surface area contributed by atoms with Crippen LogP contribution >= 0.6 is 11.3 Å². The van der Waals surface area contributed by atoms with Crippen molar-refractivity contribution in [1.82, 2.24) is 9.13 Å². The molecule has 0 amide bonds. The number of rotatable bonds is 7. The summed E-state index contributed by atoms with van der Waals surface area (Å²) in [5.41, 5.74) is 6.53. The Bertz CT molecular complexity index is 2370. The van der Waals surface area contributed by atoms with Crippen LogP contribution in [0.3, 0.4) is 0 Å². The molecule has 0 saturated heterocycles. The molecule has 2 aliphatic heterocycles. The molecule has 0 N–H and O–H groups in total. The summed E-state index contributed by atoms with van der Waals surface area (Å²) >= 11 is 1.25. The second kappa shape index (κ2) is 12.7. The van der Waals surface area contributed by atoms with Crippen molar-refractivity contribution >= 4 is 35.0 Å². The van der Waals surface area contributed by atoms with Crippen LogP contribution in [-0.2, 0) is 14.3 Å². The van der Waals surface area contributed by atoms with Gasteiger partial charge >= 0.3 is 11.9 Å². The lowest BCUT2D eigenvalue weighted by Gasteiger charge is -2.26. The van der Waals surface area contributed by atoms with Gasteiger partial charge in [-0.15, -0.1) is 0 Å². The smallest absolute Gasteiger partial charge is 0.338 e. The van der Waals surface area contributed by atoms with Crippen molar-refractivity contribution in [2.45, 2.75) is 33.7 Å². The molecule has 2 aliphatic rings. The number of fused-ring (bicyclic) bond motifs is 2. The van der Waals surface area contributed by atoms with Gasteiger partial charge in [-0.3, -0.25) is 9.36 Å². The molecule has 0 bridgehead atoms. The molecular formula is C38H33N3O7S. The van der Waals surface area contributed by atoms with Crippen molar-refractivity contribution < 1.29 is 28.5 Å². The first-order valence-electron chi connectivity index (χ1n) is 15.8. The van der Waals surface area contributed by atoms with E-state index in [0.29, 0.717) is 37.7 Å². The lowest BCUT2D eigenvalue weighted by Crippen LogP contribution is -2.40. The van der Waals surface area contributed by atoms with Crippen LogP contribution in [0.1, 0.15) is 57.0 Å². The molecule has 49 heavy (non-hydrogen) atoms. The first-order chi connectivity index (χ1) is 23.7. The van der Waals surface area contributed by atoms with Gasteiger partial charge in [-0.1, -0.05) is 53.8 Å². The van der Waals surface area contributed by atoms with E-state index in [0.717, 1.165) is 33.8 Å². The molecule has 2 aromatic heterocycles. The highest BCUT2D eigenvalue weighted by atomic mass is 32.1. The maximum Gasteiger partial charge on any atom is 0.338 e. The lowest BCUT2D eigenvalue weighted by atomic mass is 9.93. The Morgan fingerprint density at radius 1 is 0.980 bits per heavy atom. The van der Waals surface area contributed by atoms with Crippen molar-refractivity contribution in [3.63, 3.8) is 0 Å². The van der Waals surface area contributed by atoms with Gasteiger partial charge in [0.15, 0.2) is 16.3 Å². The maximum absolute atomic E-state index is 14.5. The number of hydrogen-bond acceptors (Lipinski definition) is 9. The Hall–Kier alpha value is -5.68. The summed E-state index contributed by atoms with van der Waals surface area (Å²) < 4.78 is 25.9. The minimum absolute atomic E-state index is 0.0856. The Balaban J connectivity index is 1.44. The van der Waals surface area contributed by atoms with E-state index in [4.69, 9.17) is 23.9 Å². The van der Waals surface area contributed by atoms with Crippen molar-refractivity contribution in [2.24, 2.45) is 4.99 Å². The fraction of sp³-hybridized carbons (Fsp3) is 0.211. The molecule has 3 aromatic carbocycles. The van der Waals surface area contributed by atoms with Crippen molar-refractivity contribution in [1.29, 1.82) is 0 Å². The topological polar surface area (TPSA) is 110 Å². The monoisotopic (exact) mass is 675 g/mol. The average Bonchev–Trinajstić information content (AvgIpc) is 3.79. The van der Waals surface area contributed by atoms with Crippen molar-refractivity contribution in [3.8, 4) is 17.2 Å². The van der Waals surface area contributed by atoms with Crippen LogP contribution in [0.2, 0.25) is 0 Å². The molecular weight excluding hydrogens is 642 g/mol. The highest BCUT2D eigenvalue weighted by Crippen LogP contribution is 2.40. The van der Waals surface area contributed by atoms with Crippen LogP contribution in [-0.4, -0.2) is 41.6 Å². The van der Waals surface area contributed by atoms with E-state index < -0.39 is 18.0 Å². The van der Waals surface area contributed by atoms with Gasteiger partial charge in [-0.2, -0.15) is 0 Å². The molecule has 0 spiro atoms. The molecule has 0 aliphatic carbocycles. The maximum atomic E-state index is 14.5. The summed E-state index contributed by atoms with van der Waals surface area (Å²) in [4.78, 5) is 46.1. The number of benzene rings is 3. The number of aryl methyl sites for hydroxylation is 1. The van der Waals surface area contributed by atoms with Crippen LogP contribution in [0, 0.1) is 20.8 Å². The third-order valence-corrected chi connectivity index (χ3v) is 9.78. The largest absolute Gasteiger partial charge is 0.465 e. The second-order valence-electron chi connectivity index (χ2n) is 11.6. The summed E-state index contributed by atoms with van der Waals surface area (Å²) in [6.45, 7) is 7.83. The molecule has 10 nitrogen and oxygen atoms in total. The molecule has 1 atom stereocenters. The van der Waals surface area contributed by atoms with E-state index in [1.54, 1.807) is 29.7 Å². The highest BCUT2D eigenvalue weighted by Gasteiger charge is 2.36. The highest BCUT2D eigenvalue weighted by molar-refractivity contribution is 7.07. The molecule has 0 saturated carbocycles. The summed E-state index contributed by atoms with van der Waals surface area (Å²) in [7, 11) is 1.37. The summed E-state index contributed by atoms with van der Waals surface area (Å²) in [6, 6.07) is 21.5. The van der Waals surface area contributed by atoms with Crippen LogP contribution in [0.25, 0.3) is 17.5 Å². The lowest BCUT2D eigenvalue weighted by molar-refractivity contribution is -0.138. The van der Waals surface area contributed by atoms with Gasteiger partial charge in [-0.25, -0.2) is 14.6 Å². The van der Waals surface area contributed by atoms with Crippen LogP contribution in [0.5, 0.6) is 11.5 Å². The van der Waals surface area contributed by atoms with Crippen LogP contribution in [0.15, 0.2) is 88.2 Å². The predicted octanol–water partition coefficient (Wildman–Crippen LogP) is 5.17. The summed E-state index contributed by atoms with van der Waals surface area (Å²) in [6.07, 6.45) is 1.86. The molecule has 0 radical (unpaired) electrons. The van der Waals surface area contributed by atoms with E-state index in [2.05, 4.69) is 4.57 Å². The molecule has 4 heterocycles. The average molecular weight is 676 g/mol. The number of methoxy groups -OCH3 is 1. The standard InChI is InChI=1S/C38H33N3O7S/c1-6-46-37(44)32-33(24-11-8-7-9-12-24)39-38-41(34(32)25-15-16-29-30(18-25)48-20-47-29)35(42)31(49-38)19-26-17-21(2)40(23(26)4)28-14-10-13-27(22(28)3)36(43)45-5/h7-19,34H,6,20H2,1-5H3/b31-19+/t34-/m0/s1. The minimum atomic E-state index is -0.849. The zero-order chi connectivity index (χ0) is 34.4. The third-order valence-electron chi connectivity index (χ3n) is 8.79. The van der Waals surface area contributed by atoms with Gasteiger partial charge in [0.05, 0.1) is 41.1 Å². The Morgan fingerprint density at radius 3 is 2.51 bits per heavy atom. The SMILES string of the molecule is CCOC(=O)C1=C(c2ccccc2)N=c2s/c(=C/c3cc(C)n(-c4cccc(C(=O)OC)c4C)c3C)c(=O)n2[C@H]1c1ccc2c(c1)OCO2. The zero-order valence-corrected chi connectivity index (χ0v) is 28.4. The normalized spacial score (nSPS) is 15.2. The Labute approximate surface area is 285 Å². The molecule has 7 rings (SSSR count). The minimum Gasteiger partial charge on any atom is -0.465 e. The molecule has 5 aromatic rings. The van der Waals surface area contributed by atoms with Gasteiger partial charge in [0.1, 0.15) is 0 Å². The number of aromatic nitrogens is 2. The van der Waals surface area contributed by atoms with E-state index in [-0.39, 0.29) is 24.5 Å². The van der Waals surface area contributed by atoms with Gasteiger partial charge < -0.3 is 23.5 Å². The Kier molecular flexibility index (Phi) is 8.29. The first kappa shape index (κ1) is 31.9. The zero-order valence-electron chi connectivity index (χ0n) is 27.6. The third kappa shape index (κ3) is 5.45. The number of carbonyl (C=O) groups is 2. The van der Waals surface area contributed by atoms with Crippen LogP contribution in [0.4, 0.5) is 0 Å². The number of nitrogens with zero attached hydrogens (tertiary/aromatic N) is 3. The molecule has 0 unspecified atom stereocenters. The fourth-order valence-corrected chi connectivity index (χ4v) is 7.47. The van der Waals surface area contributed by atoms with Gasteiger partial charge in [0, 0.05) is 22.6 Å². The van der Waals surface area contributed by atoms with Gasteiger partial charge in [0.25, 0.3) is 5.56 Å². The predicted molar refractivity (Wildman–Crippen MR) is 185 cm³/mol. The summed E-state index contributed by atoms with van der Waals surface area (Å²) in [5, 5.41) is 0.